The standard InChI is InChI=1S/C12H12BrFN2O2S2/c1-15-6-9-5-10(7-19-9)20(17,18)16-12-4-8(14)2-3-11(12)13/h2-5,7,15-16H,6H2,1H3. The Labute approximate surface area is 129 Å². The number of benzene rings is 1. The van der Waals surface area contributed by atoms with Gasteiger partial charge in [-0.05, 0) is 47.2 Å². The summed E-state index contributed by atoms with van der Waals surface area (Å²) in [7, 11) is -1.93. The van der Waals surface area contributed by atoms with Gasteiger partial charge in [0.25, 0.3) is 10.0 Å². The van der Waals surface area contributed by atoms with Crippen LogP contribution in [-0.4, -0.2) is 15.5 Å². The molecule has 8 heteroatoms. The number of nitrogens with one attached hydrogen (secondary N) is 2. The maximum absolute atomic E-state index is 13.2. The normalized spacial score (nSPS) is 11.6. The van der Waals surface area contributed by atoms with Crippen molar-refractivity contribution in [2.45, 2.75) is 11.4 Å². The van der Waals surface area contributed by atoms with Crippen molar-refractivity contribution in [2.24, 2.45) is 0 Å². The van der Waals surface area contributed by atoms with Crippen LogP contribution in [0.1, 0.15) is 4.88 Å². The maximum Gasteiger partial charge on any atom is 0.262 e. The lowest BCUT2D eigenvalue weighted by atomic mass is 10.3. The molecule has 0 radical (unpaired) electrons. The largest absolute Gasteiger partial charge is 0.315 e. The number of hydrogen-bond donors (Lipinski definition) is 2. The molecule has 0 aliphatic rings. The van der Waals surface area contributed by atoms with E-state index in [1.165, 1.54) is 23.5 Å². The van der Waals surface area contributed by atoms with E-state index in [1.54, 1.807) is 18.5 Å². The number of halogens is 2. The number of thiophene rings is 1. The van der Waals surface area contributed by atoms with Gasteiger partial charge in [0.05, 0.1) is 10.6 Å². The van der Waals surface area contributed by atoms with Gasteiger partial charge in [-0.2, -0.15) is 0 Å². The molecule has 2 aromatic rings. The average molecular weight is 379 g/mol. The van der Waals surface area contributed by atoms with Crippen LogP contribution in [0.3, 0.4) is 0 Å². The van der Waals surface area contributed by atoms with Crippen molar-refractivity contribution in [1.29, 1.82) is 0 Å². The van der Waals surface area contributed by atoms with E-state index in [0.717, 1.165) is 10.9 Å². The van der Waals surface area contributed by atoms with Crippen molar-refractivity contribution in [3.8, 4) is 0 Å². The Morgan fingerprint density at radius 2 is 2.10 bits per heavy atom. The highest BCUT2D eigenvalue weighted by Gasteiger charge is 2.17. The lowest BCUT2D eigenvalue weighted by Gasteiger charge is -2.08. The van der Waals surface area contributed by atoms with Crippen molar-refractivity contribution in [2.75, 3.05) is 11.8 Å². The predicted molar refractivity (Wildman–Crippen MR) is 82.0 cm³/mol. The van der Waals surface area contributed by atoms with E-state index in [4.69, 9.17) is 0 Å². The fourth-order valence-corrected chi connectivity index (χ4v) is 4.38. The Morgan fingerprint density at radius 3 is 2.80 bits per heavy atom. The highest BCUT2D eigenvalue weighted by atomic mass is 79.9. The predicted octanol–water partition coefficient (Wildman–Crippen LogP) is 3.17. The first-order valence-corrected chi connectivity index (χ1v) is 8.78. The number of rotatable bonds is 5. The van der Waals surface area contributed by atoms with E-state index in [0.29, 0.717) is 11.0 Å². The van der Waals surface area contributed by atoms with Crippen LogP contribution in [0.15, 0.2) is 39.0 Å². The van der Waals surface area contributed by atoms with Crippen LogP contribution in [0.5, 0.6) is 0 Å². The van der Waals surface area contributed by atoms with Crippen molar-refractivity contribution >= 4 is 43.0 Å². The first-order valence-electron chi connectivity index (χ1n) is 5.62. The summed E-state index contributed by atoms with van der Waals surface area (Å²) in [6.45, 7) is 0.601. The van der Waals surface area contributed by atoms with E-state index in [-0.39, 0.29) is 10.6 Å². The quantitative estimate of drug-likeness (QED) is 0.839. The maximum atomic E-state index is 13.2. The third-order valence-corrected chi connectivity index (χ3v) is 5.59. The molecule has 1 aromatic carbocycles. The molecule has 1 heterocycles. The SMILES string of the molecule is CNCc1cc(S(=O)(=O)Nc2cc(F)ccc2Br)cs1. The van der Waals surface area contributed by atoms with Gasteiger partial charge in [0.15, 0.2) is 0 Å². The molecule has 4 nitrogen and oxygen atoms in total. The third kappa shape index (κ3) is 3.57. The zero-order valence-electron chi connectivity index (χ0n) is 10.5. The molecule has 0 saturated heterocycles. The second kappa shape index (κ2) is 6.21. The summed E-state index contributed by atoms with van der Waals surface area (Å²) in [5, 5.41) is 4.51. The zero-order valence-corrected chi connectivity index (χ0v) is 13.7. The molecule has 0 atom stereocenters. The lowest BCUT2D eigenvalue weighted by molar-refractivity contribution is 0.601. The molecule has 2 N–H and O–H groups in total. The molecule has 0 saturated carbocycles. The molecular weight excluding hydrogens is 367 g/mol. The molecular formula is C12H12BrFN2O2S2. The van der Waals surface area contributed by atoms with Crippen LogP contribution in [0.25, 0.3) is 0 Å². The van der Waals surface area contributed by atoms with Gasteiger partial charge in [0, 0.05) is 21.3 Å². The molecule has 0 unspecified atom stereocenters. The third-order valence-electron chi connectivity index (χ3n) is 2.46. The van der Waals surface area contributed by atoms with Crippen molar-refractivity contribution in [1.82, 2.24) is 5.32 Å². The first-order chi connectivity index (χ1) is 9.42. The molecule has 0 fully saturated rings. The van der Waals surface area contributed by atoms with Crippen molar-refractivity contribution in [3.05, 3.63) is 44.8 Å². The van der Waals surface area contributed by atoms with E-state index in [1.807, 2.05) is 0 Å². The summed E-state index contributed by atoms with van der Waals surface area (Å²) in [5.41, 5.74) is 0.173. The molecule has 0 spiro atoms. The highest BCUT2D eigenvalue weighted by molar-refractivity contribution is 9.10. The van der Waals surface area contributed by atoms with Gasteiger partial charge in [0.1, 0.15) is 5.82 Å². The number of sulfonamides is 1. The van der Waals surface area contributed by atoms with Gasteiger partial charge in [0.2, 0.25) is 0 Å². The molecule has 1 aromatic heterocycles. The Kier molecular flexibility index (Phi) is 4.79. The second-order valence-corrected chi connectivity index (χ2v) is 7.54. The minimum atomic E-state index is -3.71. The van der Waals surface area contributed by atoms with Gasteiger partial charge in [-0.3, -0.25) is 4.72 Å². The fraction of sp³-hybridized carbons (Fsp3) is 0.167. The van der Waals surface area contributed by atoms with Crippen LogP contribution in [0, 0.1) is 5.82 Å². The Morgan fingerprint density at radius 1 is 1.35 bits per heavy atom. The van der Waals surface area contributed by atoms with E-state index >= 15 is 0 Å². The van der Waals surface area contributed by atoms with Gasteiger partial charge in [-0.1, -0.05) is 0 Å². The lowest BCUT2D eigenvalue weighted by Crippen LogP contribution is -2.12. The molecule has 20 heavy (non-hydrogen) atoms. The summed E-state index contributed by atoms with van der Waals surface area (Å²) in [6, 6.07) is 5.42. The zero-order chi connectivity index (χ0) is 14.8. The minimum Gasteiger partial charge on any atom is -0.315 e. The van der Waals surface area contributed by atoms with Crippen LogP contribution >= 0.6 is 27.3 Å². The highest BCUT2D eigenvalue weighted by Crippen LogP contribution is 2.27. The minimum absolute atomic E-state index is 0.170. The Balaban J connectivity index is 2.28. The van der Waals surface area contributed by atoms with Gasteiger partial charge in [-0.15, -0.1) is 11.3 Å². The van der Waals surface area contributed by atoms with E-state index in [9.17, 15) is 12.8 Å². The monoisotopic (exact) mass is 378 g/mol. The first kappa shape index (κ1) is 15.4. The summed E-state index contributed by atoms with van der Waals surface area (Å²) in [6.07, 6.45) is 0. The summed E-state index contributed by atoms with van der Waals surface area (Å²) in [5.74, 6) is -0.507. The summed E-state index contributed by atoms with van der Waals surface area (Å²) in [4.78, 5) is 1.08. The Hall–Kier alpha value is -0.960. The summed E-state index contributed by atoms with van der Waals surface area (Å²) < 4.78 is 40.4. The molecule has 0 bridgehead atoms. The van der Waals surface area contributed by atoms with E-state index in [2.05, 4.69) is 26.0 Å². The average Bonchev–Trinajstić information content (AvgIpc) is 2.83. The van der Waals surface area contributed by atoms with Gasteiger partial charge >= 0.3 is 0 Å². The van der Waals surface area contributed by atoms with Gasteiger partial charge in [-0.25, -0.2) is 12.8 Å². The molecule has 2 rings (SSSR count). The van der Waals surface area contributed by atoms with Crippen LogP contribution in [-0.2, 0) is 16.6 Å². The number of hydrogen-bond acceptors (Lipinski definition) is 4. The topological polar surface area (TPSA) is 58.2 Å². The van der Waals surface area contributed by atoms with Crippen LogP contribution < -0.4 is 10.0 Å². The van der Waals surface area contributed by atoms with Crippen LogP contribution in [0.2, 0.25) is 0 Å². The van der Waals surface area contributed by atoms with Gasteiger partial charge < -0.3 is 5.32 Å². The number of anilines is 1. The van der Waals surface area contributed by atoms with Crippen LogP contribution in [0.4, 0.5) is 10.1 Å². The molecule has 108 valence electrons. The molecule has 0 amide bonds. The summed E-state index contributed by atoms with van der Waals surface area (Å²) >= 11 is 4.54. The van der Waals surface area contributed by atoms with E-state index < -0.39 is 15.8 Å². The molecule has 0 aliphatic heterocycles. The second-order valence-electron chi connectivity index (χ2n) is 4.01. The fourth-order valence-electron chi connectivity index (χ4n) is 1.55. The van der Waals surface area contributed by atoms with Crippen molar-refractivity contribution in [3.63, 3.8) is 0 Å². The van der Waals surface area contributed by atoms with Crippen molar-refractivity contribution < 1.29 is 12.8 Å². The molecule has 0 aliphatic carbocycles. The Bertz CT molecular complexity index is 716. The smallest absolute Gasteiger partial charge is 0.262 e.